The van der Waals surface area contributed by atoms with E-state index >= 15 is 0 Å². The Morgan fingerprint density at radius 3 is 2.40 bits per heavy atom. The zero-order valence-corrected chi connectivity index (χ0v) is 5.16. The van der Waals surface area contributed by atoms with Gasteiger partial charge in [-0.25, -0.2) is 0 Å². The summed E-state index contributed by atoms with van der Waals surface area (Å²) in [4.78, 5) is 0. The number of hydrogen-bond acceptors (Lipinski definition) is 1. The van der Waals surface area contributed by atoms with E-state index < -0.39 is 6.18 Å². The summed E-state index contributed by atoms with van der Waals surface area (Å²) in [5, 5.41) is 0. The van der Waals surface area contributed by atoms with Crippen LogP contribution in [0.4, 0.5) is 13.2 Å². The van der Waals surface area contributed by atoms with Crippen LogP contribution in [0.15, 0.2) is 0 Å². The summed E-state index contributed by atoms with van der Waals surface area (Å²) in [5.41, 5.74) is 0. The lowest BCUT2D eigenvalue weighted by Gasteiger charge is -1.92. The van der Waals surface area contributed by atoms with Crippen molar-refractivity contribution in [3.05, 3.63) is 6.92 Å². The van der Waals surface area contributed by atoms with Crippen LogP contribution in [0.1, 0.15) is 0 Å². The van der Waals surface area contributed by atoms with Crippen LogP contribution in [-0.2, 0) is 4.74 Å². The molecule has 0 aromatic rings. The van der Waals surface area contributed by atoms with Gasteiger partial charge in [-0.15, -0.1) is 0 Å². The lowest BCUT2D eigenvalue weighted by Crippen LogP contribution is -2.02. The van der Waals surface area contributed by atoms with Crippen molar-refractivity contribution in [1.29, 1.82) is 0 Å². The minimum atomic E-state index is -4.41. The average molecular weight is 151 g/mol. The standard InChI is InChI=1S/C6H6F3O/c1-2-10-5-3-4-6(7,8)9/h1-2,5H2. The van der Waals surface area contributed by atoms with E-state index in [4.69, 9.17) is 0 Å². The predicted octanol–water partition coefficient (Wildman–Crippen LogP) is 1.40. The Kier molecular flexibility index (Phi) is 3.89. The Morgan fingerprint density at radius 1 is 1.40 bits per heavy atom. The molecule has 0 N–H and O–H groups in total. The lowest BCUT2D eigenvalue weighted by atomic mass is 10.6. The third-order valence-electron chi connectivity index (χ3n) is 0.549. The molecule has 0 saturated carbocycles. The highest BCUT2D eigenvalue weighted by atomic mass is 19.4. The summed E-state index contributed by atoms with van der Waals surface area (Å²) < 4.78 is 38.2. The SMILES string of the molecule is [CH2]COCC#CC(F)(F)F. The van der Waals surface area contributed by atoms with Crippen molar-refractivity contribution >= 4 is 0 Å². The molecule has 1 nitrogen and oxygen atoms in total. The largest absolute Gasteiger partial charge is 0.457 e. The zero-order chi connectivity index (χ0) is 8.04. The van der Waals surface area contributed by atoms with Gasteiger partial charge in [0.05, 0.1) is 0 Å². The third kappa shape index (κ3) is 7.31. The molecule has 0 unspecified atom stereocenters. The highest BCUT2D eigenvalue weighted by molar-refractivity contribution is 5.05. The maximum absolute atomic E-state index is 11.2. The summed E-state index contributed by atoms with van der Waals surface area (Å²) in [7, 11) is 0. The van der Waals surface area contributed by atoms with E-state index in [9.17, 15) is 13.2 Å². The van der Waals surface area contributed by atoms with Crippen molar-refractivity contribution in [2.45, 2.75) is 6.18 Å². The zero-order valence-electron chi connectivity index (χ0n) is 5.16. The molecule has 0 spiro atoms. The molecule has 0 atom stereocenters. The van der Waals surface area contributed by atoms with E-state index in [0.717, 1.165) is 5.92 Å². The van der Waals surface area contributed by atoms with Gasteiger partial charge >= 0.3 is 6.18 Å². The molecular weight excluding hydrogens is 145 g/mol. The fourth-order valence-electron chi connectivity index (χ4n) is 0.260. The Balaban J connectivity index is 3.50. The smallest absolute Gasteiger partial charge is 0.369 e. The van der Waals surface area contributed by atoms with Gasteiger partial charge in [-0.2, -0.15) is 13.2 Å². The summed E-state index contributed by atoms with van der Waals surface area (Å²) >= 11 is 0. The van der Waals surface area contributed by atoms with Crippen LogP contribution in [0.3, 0.4) is 0 Å². The minimum Gasteiger partial charge on any atom is -0.369 e. The molecule has 0 rings (SSSR count). The van der Waals surface area contributed by atoms with Gasteiger partial charge in [0.25, 0.3) is 0 Å². The average Bonchev–Trinajstić information content (AvgIpc) is 1.78. The molecule has 0 aromatic carbocycles. The van der Waals surface area contributed by atoms with Crippen LogP contribution in [-0.4, -0.2) is 19.4 Å². The molecule has 0 aliphatic rings. The Bertz CT molecular complexity index is 139. The summed E-state index contributed by atoms with van der Waals surface area (Å²) in [6.45, 7) is 3.16. The Hall–Kier alpha value is -0.690. The van der Waals surface area contributed by atoms with Crippen molar-refractivity contribution in [3.8, 4) is 11.8 Å². The number of hydrogen-bond donors (Lipinski definition) is 0. The van der Waals surface area contributed by atoms with Gasteiger partial charge in [0.2, 0.25) is 0 Å². The van der Waals surface area contributed by atoms with E-state index in [0.29, 0.717) is 0 Å². The first-order valence-corrected chi connectivity index (χ1v) is 2.50. The number of ether oxygens (including phenoxy) is 1. The molecule has 0 heterocycles. The fourth-order valence-corrected chi connectivity index (χ4v) is 0.260. The molecule has 0 fully saturated rings. The molecule has 0 saturated heterocycles. The van der Waals surface area contributed by atoms with Crippen molar-refractivity contribution in [1.82, 2.24) is 0 Å². The van der Waals surface area contributed by atoms with Gasteiger partial charge in [-0.1, -0.05) is 5.92 Å². The molecule has 0 aliphatic heterocycles. The quantitative estimate of drug-likeness (QED) is 0.428. The van der Waals surface area contributed by atoms with E-state index in [-0.39, 0.29) is 13.2 Å². The lowest BCUT2D eigenvalue weighted by molar-refractivity contribution is -0.0698. The van der Waals surface area contributed by atoms with Gasteiger partial charge in [0.1, 0.15) is 6.61 Å². The highest BCUT2D eigenvalue weighted by Crippen LogP contribution is 2.11. The van der Waals surface area contributed by atoms with E-state index in [1.54, 1.807) is 5.92 Å². The fraction of sp³-hybridized carbons (Fsp3) is 0.500. The first-order chi connectivity index (χ1) is 4.56. The number of alkyl halides is 3. The number of rotatable bonds is 2. The van der Waals surface area contributed by atoms with Crippen LogP contribution in [0.2, 0.25) is 0 Å². The van der Waals surface area contributed by atoms with Gasteiger partial charge in [-0.05, 0) is 6.92 Å². The second-order valence-corrected chi connectivity index (χ2v) is 1.35. The van der Waals surface area contributed by atoms with Gasteiger partial charge in [0, 0.05) is 12.5 Å². The third-order valence-corrected chi connectivity index (χ3v) is 0.549. The maximum atomic E-state index is 11.2. The predicted molar refractivity (Wildman–Crippen MR) is 30.0 cm³/mol. The number of halogens is 3. The second kappa shape index (κ2) is 4.18. The summed E-state index contributed by atoms with van der Waals surface area (Å²) in [6, 6.07) is 0. The molecule has 10 heavy (non-hydrogen) atoms. The van der Waals surface area contributed by atoms with Crippen LogP contribution < -0.4 is 0 Å². The summed E-state index contributed by atoms with van der Waals surface area (Å²) in [5.74, 6) is 2.84. The molecule has 0 amide bonds. The first-order valence-electron chi connectivity index (χ1n) is 2.50. The Labute approximate surface area is 57.2 Å². The van der Waals surface area contributed by atoms with Crippen molar-refractivity contribution in [2.24, 2.45) is 0 Å². The van der Waals surface area contributed by atoms with Gasteiger partial charge in [-0.3, -0.25) is 0 Å². The molecule has 0 bridgehead atoms. The molecule has 1 radical (unpaired) electrons. The normalized spacial score (nSPS) is 10.4. The van der Waals surface area contributed by atoms with Gasteiger partial charge in [0.15, 0.2) is 0 Å². The van der Waals surface area contributed by atoms with E-state index in [1.807, 2.05) is 0 Å². The molecule has 4 heteroatoms. The van der Waals surface area contributed by atoms with Crippen molar-refractivity contribution in [3.63, 3.8) is 0 Å². The van der Waals surface area contributed by atoms with E-state index in [2.05, 4.69) is 11.7 Å². The summed E-state index contributed by atoms with van der Waals surface area (Å²) in [6.07, 6.45) is -4.41. The maximum Gasteiger partial charge on any atom is 0.457 e. The van der Waals surface area contributed by atoms with Crippen LogP contribution in [0.5, 0.6) is 0 Å². The van der Waals surface area contributed by atoms with Crippen LogP contribution in [0.25, 0.3) is 0 Å². The topological polar surface area (TPSA) is 9.23 Å². The van der Waals surface area contributed by atoms with Crippen molar-refractivity contribution in [2.75, 3.05) is 13.2 Å². The first kappa shape index (κ1) is 9.31. The monoisotopic (exact) mass is 151 g/mol. The molecule has 0 aromatic heterocycles. The Morgan fingerprint density at radius 2 is 2.00 bits per heavy atom. The van der Waals surface area contributed by atoms with Gasteiger partial charge < -0.3 is 4.74 Å². The van der Waals surface area contributed by atoms with Crippen LogP contribution >= 0.6 is 0 Å². The van der Waals surface area contributed by atoms with Crippen molar-refractivity contribution < 1.29 is 17.9 Å². The van der Waals surface area contributed by atoms with Crippen LogP contribution in [0, 0.1) is 18.8 Å². The molecular formula is C6H6F3O. The molecule has 57 valence electrons. The second-order valence-electron chi connectivity index (χ2n) is 1.35. The minimum absolute atomic E-state index is 0.131. The highest BCUT2D eigenvalue weighted by Gasteiger charge is 2.22. The molecule has 0 aliphatic carbocycles. The van der Waals surface area contributed by atoms with E-state index in [1.165, 1.54) is 0 Å².